The minimum Gasteiger partial charge on any atom is -0.411 e. The van der Waals surface area contributed by atoms with Gasteiger partial charge in [0.05, 0.1) is 0 Å². The Kier molecular flexibility index (Phi) is 4.53. The zero-order valence-electron chi connectivity index (χ0n) is 11.6. The molecule has 0 radical (unpaired) electrons. The van der Waals surface area contributed by atoms with Gasteiger partial charge in [-0.15, -0.1) is 0 Å². The standard InChI is InChI=1S/C14H14N3O3P/c1-11-7-3-5-9-13(11)19-21(18,17-16-15)20-14-10-6-4-8-12(14)2/h3-10H,1-2H3. The van der Waals surface area contributed by atoms with E-state index < -0.39 is 7.75 Å². The molecular formula is C14H14N3O3P. The maximum atomic E-state index is 12.6. The van der Waals surface area contributed by atoms with Crippen molar-refractivity contribution >= 4 is 7.75 Å². The second-order valence-electron chi connectivity index (χ2n) is 4.36. The van der Waals surface area contributed by atoms with Crippen molar-refractivity contribution < 1.29 is 13.6 Å². The third kappa shape index (κ3) is 3.78. The fourth-order valence-corrected chi connectivity index (χ4v) is 2.79. The van der Waals surface area contributed by atoms with Crippen LogP contribution >= 0.6 is 7.75 Å². The highest BCUT2D eigenvalue weighted by Gasteiger charge is 2.28. The Hall–Kier alpha value is -2.42. The molecule has 0 spiro atoms. The van der Waals surface area contributed by atoms with Gasteiger partial charge in [0.15, 0.2) is 0 Å². The molecule has 0 fully saturated rings. The van der Waals surface area contributed by atoms with Gasteiger partial charge in [-0.3, -0.25) is 0 Å². The lowest BCUT2D eigenvalue weighted by Gasteiger charge is -2.17. The molecule has 2 rings (SSSR count). The molecule has 0 unspecified atom stereocenters. The predicted molar refractivity (Wildman–Crippen MR) is 80.4 cm³/mol. The number of para-hydroxylation sites is 2. The molecule has 0 N–H and O–H groups in total. The van der Waals surface area contributed by atoms with E-state index in [1.807, 2.05) is 12.1 Å². The van der Waals surface area contributed by atoms with Crippen molar-refractivity contribution in [3.8, 4) is 11.5 Å². The number of benzene rings is 2. The summed E-state index contributed by atoms with van der Waals surface area (Å²) in [4.78, 5) is 5.79. The van der Waals surface area contributed by atoms with Crippen LogP contribution in [0.15, 0.2) is 53.4 Å². The summed E-state index contributed by atoms with van der Waals surface area (Å²) in [7, 11) is -4.01. The lowest BCUT2D eigenvalue weighted by Crippen LogP contribution is -2.00. The summed E-state index contributed by atoms with van der Waals surface area (Å²) in [6, 6.07) is 14.0. The summed E-state index contributed by atoms with van der Waals surface area (Å²) in [5.74, 6) is 0.698. The van der Waals surface area contributed by atoms with Crippen LogP contribution < -0.4 is 9.05 Å². The molecule has 0 atom stereocenters. The Labute approximate surface area is 122 Å². The summed E-state index contributed by atoms with van der Waals surface area (Å²) in [5, 5.41) is 0. The Balaban J connectivity index is 2.33. The van der Waals surface area contributed by atoms with Crippen LogP contribution in [0.3, 0.4) is 0 Å². The van der Waals surface area contributed by atoms with Crippen LogP contribution in [0, 0.1) is 13.8 Å². The zero-order chi connectivity index (χ0) is 15.3. The molecule has 0 aliphatic heterocycles. The van der Waals surface area contributed by atoms with Gasteiger partial charge in [-0.2, -0.15) is 0 Å². The molecule has 0 amide bonds. The van der Waals surface area contributed by atoms with Gasteiger partial charge in [-0.25, -0.2) is 4.57 Å². The lowest BCUT2D eigenvalue weighted by atomic mass is 10.2. The highest BCUT2D eigenvalue weighted by molar-refractivity contribution is 7.53. The number of hydrogen-bond acceptors (Lipinski definition) is 3. The molecule has 108 valence electrons. The van der Waals surface area contributed by atoms with Crippen LogP contribution in [0.4, 0.5) is 0 Å². The first-order chi connectivity index (χ1) is 10.0. The van der Waals surface area contributed by atoms with Gasteiger partial charge in [0, 0.05) is 9.80 Å². The van der Waals surface area contributed by atoms with Crippen molar-refractivity contribution in [1.82, 2.24) is 0 Å². The summed E-state index contributed by atoms with van der Waals surface area (Å²) in [5.41, 5.74) is 10.1. The molecule has 0 saturated heterocycles. The van der Waals surface area contributed by atoms with Crippen LogP contribution in [-0.2, 0) is 4.57 Å². The van der Waals surface area contributed by atoms with Gasteiger partial charge < -0.3 is 9.05 Å². The van der Waals surface area contributed by atoms with Crippen LogP contribution in [0.1, 0.15) is 11.1 Å². The SMILES string of the molecule is Cc1ccccc1OP(=O)(N=[N+]=[N-])Oc1ccccc1C. The molecule has 7 heteroatoms. The molecule has 21 heavy (non-hydrogen) atoms. The molecule has 0 aliphatic rings. The minimum absolute atomic E-state index is 0.349. The van der Waals surface area contributed by atoms with Gasteiger partial charge in [0.1, 0.15) is 11.5 Å². The fraction of sp³-hybridized carbons (Fsp3) is 0.143. The molecule has 0 bridgehead atoms. The number of azide groups is 1. The van der Waals surface area contributed by atoms with Gasteiger partial charge >= 0.3 is 7.75 Å². The minimum atomic E-state index is -4.01. The predicted octanol–water partition coefficient (Wildman–Crippen LogP) is 5.18. The van der Waals surface area contributed by atoms with Crippen molar-refractivity contribution in [3.05, 3.63) is 70.1 Å². The lowest BCUT2D eigenvalue weighted by molar-refractivity contribution is 0.385. The molecule has 2 aromatic rings. The van der Waals surface area contributed by atoms with Crippen molar-refractivity contribution in [2.24, 2.45) is 4.88 Å². The van der Waals surface area contributed by atoms with Crippen molar-refractivity contribution in [2.45, 2.75) is 13.8 Å². The molecule has 0 aliphatic carbocycles. The average Bonchev–Trinajstić information content (AvgIpc) is 2.44. The van der Waals surface area contributed by atoms with E-state index in [4.69, 9.17) is 14.6 Å². The van der Waals surface area contributed by atoms with E-state index in [9.17, 15) is 4.57 Å². The monoisotopic (exact) mass is 303 g/mol. The van der Waals surface area contributed by atoms with Crippen LogP contribution in [0.2, 0.25) is 0 Å². The van der Waals surface area contributed by atoms with Crippen LogP contribution in [-0.4, -0.2) is 0 Å². The van der Waals surface area contributed by atoms with Gasteiger partial charge in [0.25, 0.3) is 0 Å². The second kappa shape index (κ2) is 6.35. The molecule has 0 aromatic heterocycles. The quantitative estimate of drug-likeness (QED) is 0.330. The van der Waals surface area contributed by atoms with Crippen LogP contribution in [0.5, 0.6) is 11.5 Å². The Bertz CT molecular complexity index is 690. The van der Waals surface area contributed by atoms with E-state index in [0.29, 0.717) is 11.5 Å². The summed E-state index contributed by atoms with van der Waals surface area (Å²) in [6.45, 7) is 3.59. The Morgan fingerprint density at radius 3 is 1.76 bits per heavy atom. The first-order valence-electron chi connectivity index (χ1n) is 6.21. The van der Waals surface area contributed by atoms with E-state index in [1.165, 1.54) is 0 Å². The van der Waals surface area contributed by atoms with E-state index in [1.54, 1.807) is 50.2 Å². The number of hydrogen-bond donors (Lipinski definition) is 0. The smallest absolute Gasteiger partial charge is 0.411 e. The van der Waals surface area contributed by atoms with E-state index >= 15 is 0 Å². The maximum Gasteiger partial charge on any atom is 0.525 e. The summed E-state index contributed by atoms with van der Waals surface area (Å²) < 4.78 is 23.3. The number of nitrogens with zero attached hydrogens (tertiary/aromatic N) is 3. The number of aryl methyl sites for hydroxylation is 2. The molecule has 6 nitrogen and oxygen atoms in total. The summed E-state index contributed by atoms with van der Waals surface area (Å²) >= 11 is 0. The third-order valence-corrected chi connectivity index (χ3v) is 3.92. The van der Waals surface area contributed by atoms with Crippen molar-refractivity contribution in [3.63, 3.8) is 0 Å². The first-order valence-corrected chi connectivity index (χ1v) is 7.71. The van der Waals surface area contributed by atoms with Gasteiger partial charge in [0.2, 0.25) is 0 Å². The fourth-order valence-electron chi connectivity index (χ4n) is 1.67. The van der Waals surface area contributed by atoms with Crippen molar-refractivity contribution in [2.75, 3.05) is 0 Å². The second-order valence-corrected chi connectivity index (χ2v) is 5.84. The van der Waals surface area contributed by atoms with E-state index in [2.05, 4.69) is 9.80 Å². The van der Waals surface area contributed by atoms with E-state index in [0.717, 1.165) is 11.1 Å². The summed E-state index contributed by atoms with van der Waals surface area (Å²) in [6.07, 6.45) is 0. The normalized spacial score (nSPS) is 10.6. The van der Waals surface area contributed by atoms with Gasteiger partial charge in [-0.05, 0) is 42.6 Å². The highest BCUT2D eigenvalue weighted by Crippen LogP contribution is 2.51. The molecular weight excluding hydrogens is 289 g/mol. The number of rotatable bonds is 5. The largest absolute Gasteiger partial charge is 0.525 e. The maximum absolute atomic E-state index is 12.6. The first kappa shape index (κ1) is 15.0. The average molecular weight is 303 g/mol. The van der Waals surface area contributed by atoms with Gasteiger partial charge in [-0.1, -0.05) is 36.4 Å². The van der Waals surface area contributed by atoms with Crippen LogP contribution in [0.25, 0.3) is 10.4 Å². The topological polar surface area (TPSA) is 84.3 Å². The third-order valence-electron chi connectivity index (χ3n) is 2.76. The Morgan fingerprint density at radius 1 is 0.952 bits per heavy atom. The molecule has 0 saturated carbocycles. The molecule has 2 aromatic carbocycles. The van der Waals surface area contributed by atoms with E-state index in [-0.39, 0.29) is 0 Å². The Morgan fingerprint density at radius 2 is 1.38 bits per heavy atom. The zero-order valence-corrected chi connectivity index (χ0v) is 12.5. The molecule has 0 heterocycles. The highest BCUT2D eigenvalue weighted by atomic mass is 31.2. The van der Waals surface area contributed by atoms with Crippen molar-refractivity contribution in [1.29, 1.82) is 0 Å².